The van der Waals surface area contributed by atoms with Crippen molar-refractivity contribution in [1.82, 2.24) is 4.90 Å². The fourth-order valence-electron chi connectivity index (χ4n) is 3.06. The third-order valence-corrected chi connectivity index (χ3v) is 4.42. The van der Waals surface area contributed by atoms with Gasteiger partial charge in [0.25, 0.3) is 0 Å². The first kappa shape index (κ1) is 14.9. The molecule has 4 nitrogen and oxygen atoms in total. The second-order valence-corrected chi connectivity index (χ2v) is 5.89. The van der Waals surface area contributed by atoms with Gasteiger partial charge in [-0.05, 0) is 38.8 Å². The molecule has 2 N–H and O–H groups in total. The Morgan fingerprint density at radius 3 is 2.85 bits per heavy atom. The van der Waals surface area contributed by atoms with Gasteiger partial charge in [-0.1, -0.05) is 24.6 Å². The van der Waals surface area contributed by atoms with Crippen LogP contribution in [0.5, 0.6) is 5.75 Å². The second-order valence-electron chi connectivity index (χ2n) is 5.89. The summed E-state index contributed by atoms with van der Waals surface area (Å²) >= 11 is 0. The predicted octanol–water partition coefficient (Wildman–Crippen LogP) is 2.78. The number of piperidine rings is 1. The van der Waals surface area contributed by atoms with Gasteiger partial charge in [0, 0.05) is 18.7 Å². The van der Waals surface area contributed by atoms with Crippen molar-refractivity contribution >= 4 is 5.97 Å². The van der Waals surface area contributed by atoms with E-state index in [2.05, 4.69) is 4.90 Å². The molecule has 1 aromatic rings. The zero-order valence-corrected chi connectivity index (χ0v) is 12.2. The lowest BCUT2D eigenvalue weighted by Crippen LogP contribution is -2.47. The van der Waals surface area contributed by atoms with Gasteiger partial charge in [-0.3, -0.25) is 9.69 Å². The van der Waals surface area contributed by atoms with Crippen molar-refractivity contribution in [1.29, 1.82) is 0 Å². The van der Waals surface area contributed by atoms with Gasteiger partial charge in [0.2, 0.25) is 0 Å². The maximum atomic E-state index is 11.6. The normalized spacial score (nSPS) is 23.7. The van der Waals surface area contributed by atoms with Gasteiger partial charge >= 0.3 is 5.97 Å². The second kappa shape index (κ2) is 5.83. The molecule has 4 heteroatoms. The molecule has 0 aromatic heterocycles. The van der Waals surface area contributed by atoms with Crippen molar-refractivity contribution in [2.45, 2.75) is 39.7 Å². The van der Waals surface area contributed by atoms with E-state index in [1.165, 1.54) is 0 Å². The Hall–Kier alpha value is -1.55. The van der Waals surface area contributed by atoms with E-state index in [4.69, 9.17) is 0 Å². The number of aryl methyl sites for hydroxylation is 1. The molecular weight excluding hydrogens is 254 g/mol. The fraction of sp³-hybridized carbons (Fsp3) is 0.562. The average Bonchev–Trinajstić information content (AvgIpc) is 2.43. The van der Waals surface area contributed by atoms with Crippen LogP contribution in [0.25, 0.3) is 0 Å². The van der Waals surface area contributed by atoms with Gasteiger partial charge in [-0.15, -0.1) is 0 Å². The van der Waals surface area contributed by atoms with E-state index in [0.717, 1.165) is 30.5 Å². The number of carboxylic acid groups (broad SMARTS) is 1. The summed E-state index contributed by atoms with van der Waals surface area (Å²) in [7, 11) is 0. The SMILES string of the molecule is CCC1(C(=O)O)CCCN(Cc2cc(C)ccc2O)C1. The van der Waals surface area contributed by atoms with Crippen LogP contribution in [0.2, 0.25) is 0 Å². The molecule has 1 aliphatic heterocycles. The van der Waals surface area contributed by atoms with E-state index in [9.17, 15) is 15.0 Å². The highest BCUT2D eigenvalue weighted by atomic mass is 16.4. The minimum absolute atomic E-state index is 0.290. The molecular formula is C16H23NO3. The Morgan fingerprint density at radius 2 is 2.20 bits per heavy atom. The highest BCUT2D eigenvalue weighted by Gasteiger charge is 2.40. The number of rotatable bonds is 4. The first-order valence-electron chi connectivity index (χ1n) is 7.21. The molecule has 0 bridgehead atoms. The fourth-order valence-corrected chi connectivity index (χ4v) is 3.06. The lowest BCUT2D eigenvalue weighted by Gasteiger charge is -2.39. The van der Waals surface area contributed by atoms with Crippen LogP contribution in [-0.2, 0) is 11.3 Å². The summed E-state index contributed by atoms with van der Waals surface area (Å²) in [6.07, 6.45) is 2.29. The minimum Gasteiger partial charge on any atom is -0.508 e. The van der Waals surface area contributed by atoms with E-state index in [1.54, 1.807) is 6.07 Å². The predicted molar refractivity (Wildman–Crippen MR) is 77.7 cm³/mol. The summed E-state index contributed by atoms with van der Waals surface area (Å²) in [5.41, 5.74) is 1.36. The molecule has 0 saturated carbocycles. The number of phenolic OH excluding ortho intramolecular Hbond substituents is 1. The molecule has 1 fully saturated rings. The third-order valence-electron chi connectivity index (χ3n) is 4.42. The zero-order chi connectivity index (χ0) is 14.8. The molecule has 1 unspecified atom stereocenters. The maximum Gasteiger partial charge on any atom is 0.310 e. The first-order chi connectivity index (χ1) is 9.47. The minimum atomic E-state index is -0.696. The van der Waals surface area contributed by atoms with Gasteiger partial charge in [0.05, 0.1) is 5.41 Å². The molecule has 0 radical (unpaired) electrons. The molecule has 0 amide bonds. The number of benzene rings is 1. The van der Waals surface area contributed by atoms with Crippen molar-refractivity contribution < 1.29 is 15.0 Å². The van der Waals surface area contributed by atoms with Crippen LogP contribution >= 0.6 is 0 Å². The van der Waals surface area contributed by atoms with Gasteiger partial charge in [0.1, 0.15) is 5.75 Å². The number of hydrogen-bond acceptors (Lipinski definition) is 3. The molecule has 1 atom stereocenters. The topological polar surface area (TPSA) is 60.8 Å². The number of aliphatic carboxylic acids is 1. The Bertz CT molecular complexity index is 500. The largest absolute Gasteiger partial charge is 0.508 e. The van der Waals surface area contributed by atoms with Crippen LogP contribution in [-0.4, -0.2) is 34.2 Å². The summed E-state index contributed by atoms with van der Waals surface area (Å²) in [6.45, 7) is 6.01. The lowest BCUT2D eigenvalue weighted by atomic mass is 9.77. The molecule has 1 aliphatic rings. The Kier molecular flexibility index (Phi) is 4.33. The maximum absolute atomic E-state index is 11.6. The van der Waals surface area contributed by atoms with Gasteiger partial charge in [-0.25, -0.2) is 0 Å². The van der Waals surface area contributed by atoms with Crippen LogP contribution in [0.1, 0.15) is 37.3 Å². The van der Waals surface area contributed by atoms with Crippen LogP contribution in [0, 0.1) is 12.3 Å². The number of hydrogen-bond donors (Lipinski definition) is 2. The third kappa shape index (κ3) is 2.96. The Balaban J connectivity index is 2.13. The van der Waals surface area contributed by atoms with Crippen LogP contribution in [0.15, 0.2) is 18.2 Å². The summed E-state index contributed by atoms with van der Waals surface area (Å²) < 4.78 is 0. The molecule has 2 rings (SSSR count). The van der Waals surface area contributed by atoms with Crippen molar-refractivity contribution in [2.24, 2.45) is 5.41 Å². The molecule has 0 aliphatic carbocycles. The van der Waals surface area contributed by atoms with Gasteiger partial charge in [0.15, 0.2) is 0 Å². The van der Waals surface area contributed by atoms with E-state index >= 15 is 0 Å². The molecule has 1 aromatic carbocycles. The summed E-state index contributed by atoms with van der Waals surface area (Å²) in [5, 5.41) is 19.4. The molecule has 20 heavy (non-hydrogen) atoms. The molecule has 110 valence electrons. The number of nitrogens with zero attached hydrogens (tertiary/aromatic N) is 1. The summed E-state index contributed by atoms with van der Waals surface area (Å²) in [4.78, 5) is 13.7. The van der Waals surface area contributed by atoms with E-state index in [-0.39, 0.29) is 0 Å². The summed E-state index contributed by atoms with van der Waals surface area (Å²) in [6, 6.07) is 5.56. The Morgan fingerprint density at radius 1 is 1.45 bits per heavy atom. The number of likely N-dealkylation sites (tertiary alicyclic amines) is 1. The molecule has 1 heterocycles. The number of aromatic hydroxyl groups is 1. The van der Waals surface area contributed by atoms with Crippen LogP contribution in [0.3, 0.4) is 0 Å². The average molecular weight is 277 g/mol. The van der Waals surface area contributed by atoms with E-state index in [1.807, 2.05) is 26.0 Å². The van der Waals surface area contributed by atoms with Crippen molar-refractivity contribution in [3.8, 4) is 5.75 Å². The van der Waals surface area contributed by atoms with Gasteiger partial charge in [-0.2, -0.15) is 0 Å². The molecule has 1 saturated heterocycles. The highest BCUT2D eigenvalue weighted by Crippen LogP contribution is 2.34. The quantitative estimate of drug-likeness (QED) is 0.888. The standard InChI is InChI=1S/C16H23NO3/c1-3-16(15(19)20)7-4-8-17(11-16)10-13-9-12(2)5-6-14(13)18/h5-6,9,18H,3-4,7-8,10-11H2,1-2H3,(H,19,20). The lowest BCUT2D eigenvalue weighted by molar-refractivity contribution is -0.153. The number of carbonyl (C=O) groups is 1. The van der Waals surface area contributed by atoms with Crippen molar-refractivity contribution in [2.75, 3.05) is 13.1 Å². The Labute approximate surface area is 120 Å². The van der Waals surface area contributed by atoms with Crippen LogP contribution in [0.4, 0.5) is 0 Å². The smallest absolute Gasteiger partial charge is 0.310 e. The van der Waals surface area contributed by atoms with E-state index < -0.39 is 11.4 Å². The first-order valence-corrected chi connectivity index (χ1v) is 7.21. The van der Waals surface area contributed by atoms with E-state index in [0.29, 0.717) is 25.3 Å². The van der Waals surface area contributed by atoms with Crippen LogP contribution < -0.4 is 0 Å². The number of phenols is 1. The summed E-state index contributed by atoms with van der Waals surface area (Å²) in [5.74, 6) is -0.406. The van der Waals surface area contributed by atoms with Crippen molar-refractivity contribution in [3.63, 3.8) is 0 Å². The van der Waals surface area contributed by atoms with Gasteiger partial charge < -0.3 is 10.2 Å². The zero-order valence-electron chi connectivity index (χ0n) is 12.2. The number of carboxylic acids is 1. The highest BCUT2D eigenvalue weighted by molar-refractivity contribution is 5.75. The van der Waals surface area contributed by atoms with Crippen molar-refractivity contribution in [3.05, 3.63) is 29.3 Å². The molecule has 0 spiro atoms. The monoisotopic (exact) mass is 277 g/mol.